The molecule has 0 aliphatic carbocycles. The van der Waals surface area contributed by atoms with Crippen molar-refractivity contribution in [3.05, 3.63) is 47.0 Å². The number of aromatic nitrogens is 1. The summed E-state index contributed by atoms with van der Waals surface area (Å²) in [5, 5.41) is 3.62. The highest BCUT2D eigenvalue weighted by Crippen LogP contribution is 2.28. The highest BCUT2D eigenvalue weighted by atomic mass is 32.2. The first-order valence-corrected chi connectivity index (χ1v) is 9.53. The van der Waals surface area contributed by atoms with Crippen LogP contribution in [0.2, 0.25) is 0 Å². The van der Waals surface area contributed by atoms with Crippen LogP contribution in [-0.2, 0) is 21.2 Å². The van der Waals surface area contributed by atoms with Gasteiger partial charge in [0.15, 0.2) is 0 Å². The highest BCUT2D eigenvalue weighted by Gasteiger charge is 2.22. The predicted molar refractivity (Wildman–Crippen MR) is 93.9 cm³/mol. The molecular formula is C16H13N3O3S2. The van der Waals surface area contributed by atoms with E-state index in [0.717, 1.165) is 15.2 Å². The van der Waals surface area contributed by atoms with Gasteiger partial charge >= 0.3 is 0 Å². The third kappa shape index (κ3) is 2.63. The lowest BCUT2D eigenvalue weighted by Crippen LogP contribution is -2.13. The smallest absolute Gasteiger partial charge is 0.261 e. The van der Waals surface area contributed by atoms with E-state index in [9.17, 15) is 13.2 Å². The minimum atomic E-state index is -3.73. The number of carbonyl (C=O) groups is 1. The van der Waals surface area contributed by atoms with Crippen LogP contribution in [0, 0.1) is 6.92 Å². The van der Waals surface area contributed by atoms with Gasteiger partial charge in [-0.15, -0.1) is 11.3 Å². The number of carbonyl (C=O) groups excluding carboxylic acids is 1. The number of rotatable bonds is 3. The number of fused-ring (bicyclic) bond motifs is 2. The number of aryl methyl sites for hydroxylation is 1. The van der Waals surface area contributed by atoms with E-state index in [1.165, 1.54) is 12.1 Å². The van der Waals surface area contributed by atoms with Gasteiger partial charge in [0.1, 0.15) is 0 Å². The summed E-state index contributed by atoms with van der Waals surface area (Å²) in [7, 11) is -3.73. The molecule has 1 aliphatic rings. The van der Waals surface area contributed by atoms with Crippen molar-refractivity contribution in [2.45, 2.75) is 18.2 Å². The third-order valence-electron chi connectivity index (χ3n) is 3.76. The van der Waals surface area contributed by atoms with Gasteiger partial charge in [0, 0.05) is 5.69 Å². The van der Waals surface area contributed by atoms with Crippen LogP contribution in [0.25, 0.3) is 10.2 Å². The molecule has 2 N–H and O–H groups in total. The normalized spacial score (nSPS) is 13.8. The Labute approximate surface area is 142 Å². The number of nitrogens with zero attached hydrogens (tertiary/aromatic N) is 1. The lowest BCUT2D eigenvalue weighted by atomic mass is 10.2. The fourth-order valence-electron chi connectivity index (χ4n) is 2.69. The van der Waals surface area contributed by atoms with Crippen LogP contribution < -0.4 is 10.0 Å². The number of sulfonamides is 1. The van der Waals surface area contributed by atoms with Crippen LogP contribution in [0.5, 0.6) is 0 Å². The minimum Gasteiger partial charge on any atom is -0.326 e. The second-order valence-electron chi connectivity index (χ2n) is 5.56. The molecule has 1 aromatic heterocycles. The molecule has 0 bridgehead atoms. The summed E-state index contributed by atoms with van der Waals surface area (Å²) in [6, 6.07) is 9.91. The van der Waals surface area contributed by atoms with Crippen molar-refractivity contribution in [2.24, 2.45) is 0 Å². The zero-order chi connectivity index (χ0) is 16.9. The monoisotopic (exact) mass is 359 g/mol. The third-order valence-corrected chi connectivity index (χ3v) is 6.09. The zero-order valence-corrected chi connectivity index (χ0v) is 14.3. The van der Waals surface area contributed by atoms with Gasteiger partial charge in [-0.05, 0) is 48.9 Å². The standard InChI is InChI=1S/C16H13N3O3S2/c1-9-17-14-8-11(2-5-15(14)23-9)19-24(21,22)12-3-4-13-10(6-12)7-16(20)18-13/h2-6,8,19H,7H2,1H3,(H,18,20). The molecule has 8 heteroatoms. The number of thiazole rings is 1. The van der Waals surface area contributed by atoms with Crippen LogP contribution >= 0.6 is 11.3 Å². The number of amides is 1. The van der Waals surface area contributed by atoms with Crippen LogP contribution in [-0.4, -0.2) is 19.3 Å². The van der Waals surface area contributed by atoms with E-state index in [1.807, 2.05) is 13.0 Å². The van der Waals surface area contributed by atoms with Crippen molar-refractivity contribution >= 4 is 48.9 Å². The van der Waals surface area contributed by atoms with Gasteiger partial charge in [-0.1, -0.05) is 0 Å². The van der Waals surface area contributed by atoms with Gasteiger partial charge in [-0.25, -0.2) is 13.4 Å². The number of anilines is 2. The lowest BCUT2D eigenvalue weighted by Gasteiger charge is -2.09. The summed E-state index contributed by atoms with van der Waals surface area (Å²) in [5.41, 5.74) is 2.58. The molecule has 1 aliphatic heterocycles. The zero-order valence-electron chi connectivity index (χ0n) is 12.7. The largest absolute Gasteiger partial charge is 0.326 e. The fourth-order valence-corrected chi connectivity index (χ4v) is 4.60. The summed E-state index contributed by atoms with van der Waals surface area (Å²) in [6.45, 7) is 1.91. The number of benzene rings is 2. The maximum Gasteiger partial charge on any atom is 0.261 e. The van der Waals surface area contributed by atoms with Crippen molar-refractivity contribution < 1.29 is 13.2 Å². The van der Waals surface area contributed by atoms with Crippen LogP contribution in [0.4, 0.5) is 11.4 Å². The Morgan fingerprint density at radius 1 is 1.21 bits per heavy atom. The first-order chi connectivity index (χ1) is 11.4. The molecule has 0 radical (unpaired) electrons. The van der Waals surface area contributed by atoms with Crippen molar-refractivity contribution in [3.8, 4) is 0 Å². The van der Waals surface area contributed by atoms with E-state index in [4.69, 9.17) is 0 Å². The second-order valence-corrected chi connectivity index (χ2v) is 8.48. The van der Waals surface area contributed by atoms with Gasteiger partial charge < -0.3 is 5.32 Å². The maximum absolute atomic E-state index is 12.6. The molecule has 2 aromatic carbocycles. The molecular weight excluding hydrogens is 346 g/mol. The molecule has 1 amide bonds. The minimum absolute atomic E-state index is 0.128. The number of hydrogen-bond donors (Lipinski definition) is 2. The van der Waals surface area contributed by atoms with Crippen LogP contribution in [0.3, 0.4) is 0 Å². The fraction of sp³-hybridized carbons (Fsp3) is 0.125. The van der Waals surface area contributed by atoms with Crippen LogP contribution in [0.15, 0.2) is 41.3 Å². The molecule has 4 rings (SSSR count). The molecule has 0 fully saturated rings. The van der Waals surface area contributed by atoms with E-state index in [1.54, 1.807) is 29.5 Å². The molecule has 0 saturated carbocycles. The summed E-state index contributed by atoms with van der Waals surface area (Å²) >= 11 is 1.56. The van der Waals surface area contributed by atoms with Crippen molar-refractivity contribution in [3.63, 3.8) is 0 Å². The Morgan fingerprint density at radius 3 is 2.88 bits per heavy atom. The molecule has 122 valence electrons. The van der Waals surface area contributed by atoms with Gasteiger partial charge in [0.05, 0.1) is 32.2 Å². The molecule has 0 saturated heterocycles. The highest BCUT2D eigenvalue weighted by molar-refractivity contribution is 7.92. The van der Waals surface area contributed by atoms with E-state index in [2.05, 4.69) is 15.0 Å². The molecule has 3 aromatic rings. The molecule has 2 heterocycles. The topological polar surface area (TPSA) is 88.2 Å². The number of hydrogen-bond acceptors (Lipinski definition) is 5. The van der Waals surface area contributed by atoms with E-state index >= 15 is 0 Å². The van der Waals surface area contributed by atoms with Crippen molar-refractivity contribution in [2.75, 3.05) is 10.0 Å². The Balaban J connectivity index is 1.67. The van der Waals surface area contributed by atoms with Gasteiger partial charge in [-0.2, -0.15) is 0 Å². The van der Waals surface area contributed by atoms with E-state index in [-0.39, 0.29) is 17.2 Å². The Morgan fingerprint density at radius 2 is 2.04 bits per heavy atom. The number of nitrogens with one attached hydrogen (secondary N) is 2. The summed E-state index contributed by atoms with van der Waals surface area (Å²) in [6.07, 6.45) is 0.197. The Bertz CT molecular complexity index is 1090. The van der Waals surface area contributed by atoms with Gasteiger partial charge in [0.2, 0.25) is 5.91 Å². The van der Waals surface area contributed by atoms with E-state index in [0.29, 0.717) is 16.9 Å². The average Bonchev–Trinajstić information content (AvgIpc) is 3.05. The van der Waals surface area contributed by atoms with Crippen molar-refractivity contribution in [1.29, 1.82) is 0 Å². The summed E-state index contributed by atoms with van der Waals surface area (Å²) < 4.78 is 28.8. The summed E-state index contributed by atoms with van der Waals surface area (Å²) in [5.74, 6) is -0.128. The summed E-state index contributed by atoms with van der Waals surface area (Å²) in [4.78, 5) is 15.9. The first-order valence-electron chi connectivity index (χ1n) is 7.23. The van der Waals surface area contributed by atoms with E-state index < -0.39 is 10.0 Å². The predicted octanol–water partition coefficient (Wildman–Crippen LogP) is 2.90. The molecule has 24 heavy (non-hydrogen) atoms. The van der Waals surface area contributed by atoms with Crippen LogP contribution in [0.1, 0.15) is 10.6 Å². The lowest BCUT2D eigenvalue weighted by molar-refractivity contribution is -0.115. The van der Waals surface area contributed by atoms with Gasteiger partial charge in [-0.3, -0.25) is 9.52 Å². The van der Waals surface area contributed by atoms with Gasteiger partial charge in [0.25, 0.3) is 10.0 Å². The molecule has 0 atom stereocenters. The molecule has 0 spiro atoms. The molecule has 0 unspecified atom stereocenters. The maximum atomic E-state index is 12.6. The SMILES string of the molecule is Cc1nc2cc(NS(=O)(=O)c3ccc4c(c3)CC(=O)N4)ccc2s1. The van der Waals surface area contributed by atoms with Crippen molar-refractivity contribution in [1.82, 2.24) is 4.98 Å². The average molecular weight is 359 g/mol. The quantitative estimate of drug-likeness (QED) is 0.753. The Kier molecular flexibility index (Phi) is 3.33. The second kappa shape index (κ2) is 5.29. The first kappa shape index (κ1) is 15.1. The Hall–Kier alpha value is -2.45. The molecule has 6 nitrogen and oxygen atoms in total.